The fraction of sp³-hybridized carbons (Fsp3) is 0.688. The molecule has 0 bridgehead atoms. The summed E-state index contributed by atoms with van der Waals surface area (Å²) in [5, 5.41) is 2.97. The number of carbonyl (C=O) groups excluding carboxylic acids is 1. The first-order valence-electron chi connectivity index (χ1n) is 7.34. The summed E-state index contributed by atoms with van der Waals surface area (Å²) in [6.07, 6.45) is 3.75. The molecule has 0 saturated carbocycles. The molecule has 0 spiro atoms. The number of nitrogens with zero attached hydrogens (tertiary/aromatic N) is 1. The Labute approximate surface area is 124 Å². The molecule has 1 unspecified atom stereocenters. The predicted molar refractivity (Wildman–Crippen MR) is 86.4 cm³/mol. The molecule has 4 heteroatoms. The quantitative estimate of drug-likeness (QED) is 0.600. The maximum Gasteiger partial charge on any atom is 0.237 e. The van der Waals surface area contributed by atoms with Crippen LogP contribution >= 0.6 is 0 Å². The van der Waals surface area contributed by atoms with Crippen molar-refractivity contribution in [3.8, 4) is 0 Å². The normalized spacial score (nSPS) is 14.4. The SMILES string of the molecule is C=CCN(CC=C)C(CNC(=O)[C@@H](N)C(C)C)C(C)C. The summed E-state index contributed by atoms with van der Waals surface area (Å²) in [6.45, 7) is 17.9. The first-order valence-corrected chi connectivity index (χ1v) is 7.34. The second-order valence-corrected chi connectivity index (χ2v) is 5.86. The second-order valence-electron chi connectivity index (χ2n) is 5.86. The van der Waals surface area contributed by atoms with Crippen LogP contribution < -0.4 is 11.1 Å². The third-order valence-corrected chi connectivity index (χ3v) is 3.47. The zero-order chi connectivity index (χ0) is 15.7. The molecule has 3 N–H and O–H groups in total. The van der Waals surface area contributed by atoms with Crippen LogP contribution in [-0.2, 0) is 4.79 Å². The molecule has 0 aromatic heterocycles. The van der Waals surface area contributed by atoms with Gasteiger partial charge in [0, 0.05) is 25.7 Å². The van der Waals surface area contributed by atoms with E-state index in [0.29, 0.717) is 12.5 Å². The summed E-state index contributed by atoms with van der Waals surface area (Å²) in [4.78, 5) is 14.2. The van der Waals surface area contributed by atoms with E-state index in [0.717, 1.165) is 13.1 Å². The highest BCUT2D eigenvalue weighted by atomic mass is 16.2. The van der Waals surface area contributed by atoms with Crippen molar-refractivity contribution in [3.63, 3.8) is 0 Å². The van der Waals surface area contributed by atoms with Crippen LogP contribution in [-0.4, -0.2) is 42.5 Å². The Morgan fingerprint density at radius 1 is 1.15 bits per heavy atom. The molecule has 0 radical (unpaired) electrons. The van der Waals surface area contributed by atoms with Crippen LogP contribution in [0.3, 0.4) is 0 Å². The number of amides is 1. The molecule has 0 aliphatic carbocycles. The van der Waals surface area contributed by atoms with Gasteiger partial charge >= 0.3 is 0 Å². The minimum atomic E-state index is -0.449. The van der Waals surface area contributed by atoms with E-state index in [1.165, 1.54) is 0 Å². The second kappa shape index (κ2) is 9.72. The lowest BCUT2D eigenvalue weighted by atomic mass is 10.0. The molecule has 0 heterocycles. The van der Waals surface area contributed by atoms with Crippen molar-refractivity contribution in [3.05, 3.63) is 25.3 Å². The Bertz CT molecular complexity index is 303. The summed E-state index contributed by atoms with van der Waals surface area (Å²) < 4.78 is 0. The van der Waals surface area contributed by atoms with Crippen LogP contribution in [0.25, 0.3) is 0 Å². The highest BCUT2D eigenvalue weighted by molar-refractivity contribution is 5.81. The zero-order valence-corrected chi connectivity index (χ0v) is 13.4. The van der Waals surface area contributed by atoms with E-state index < -0.39 is 6.04 Å². The maximum atomic E-state index is 12.0. The van der Waals surface area contributed by atoms with Gasteiger partial charge in [0.2, 0.25) is 5.91 Å². The minimum absolute atomic E-state index is 0.0807. The molecule has 20 heavy (non-hydrogen) atoms. The topological polar surface area (TPSA) is 58.4 Å². The van der Waals surface area contributed by atoms with Crippen LogP contribution in [0.2, 0.25) is 0 Å². The van der Waals surface area contributed by atoms with Crippen LogP contribution in [0.15, 0.2) is 25.3 Å². The van der Waals surface area contributed by atoms with Crippen molar-refractivity contribution in [2.45, 2.75) is 39.8 Å². The number of rotatable bonds is 10. The minimum Gasteiger partial charge on any atom is -0.353 e. The number of nitrogens with two attached hydrogens (primary N) is 1. The van der Waals surface area contributed by atoms with E-state index in [-0.39, 0.29) is 17.9 Å². The lowest BCUT2D eigenvalue weighted by Crippen LogP contribution is -2.51. The Hall–Kier alpha value is -1.13. The Morgan fingerprint density at radius 3 is 2.00 bits per heavy atom. The van der Waals surface area contributed by atoms with E-state index in [4.69, 9.17) is 5.73 Å². The summed E-state index contributed by atoms with van der Waals surface area (Å²) in [6, 6.07) is -0.204. The molecular weight excluding hydrogens is 250 g/mol. The Kier molecular flexibility index (Phi) is 9.17. The van der Waals surface area contributed by atoms with Gasteiger partial charge in [0.25, 0.3) is 0 Å². The van der Waals surface area contributed by atoms with Gasteiger partial charge in [0.1, 0.15) is 0 Å². The smallest absolute Gasteiger partial charge is 0.237 e. The van der Waals surface area contributed by atoms with Crippen molar-refractivity contribution in [1.82, 2.24) is 10.2 Å². The summed E-state index contributed by atoms with van der Waals surface area (Å²) in [5.74, 6) is 0.484. The van der Waals surface area contributed by atoms with Gasteiger partial charge in [0.05, 0.1) is 6.04 Å². The standard InChI is InChI=1S/C16H31N3O/c1-7-9-19(10-8-2)14(12(3)4)11-18-16(20)15(17)13(5)6/h7-8,12-15H,1-2,9-11,17H2,3-6H3,(H,18,20)/t14?,15-/m0/s1. The van der Waals surface area contributed by atoms with Crippen molar-refractivity contribution < 1.29 is 4.79 Å². The zero-order valence-electron chi connectivity index (χ0n) is 13.4. The van der Waals surface area contributed by atoms with E-state index in [2.05, 4.69) is 37.2 Å². The van der Waals surface area contributed by atoms with Gasteiger partial charge in [-0.3, -0.25) is 9.69 Å². The average molecular weight is 281 g/mol. The van der Waals surface area contributed by atoms with E-state index in [9.17, 15) is 4.79 Å². The molecule has 0 aliphatic heterocycles. The predicted octanol–water partition coefficient (Wildman–Crippen LogP) is 1.78. The Morgan fingerprint density at radius 2 is 1.65 bits per heavy atom. The van der Waals surface area contributed by atoms with Crippen molar-refractivity contribution in [2.24, 2.45) is 17.6 Å². The van der Waals surface area contributed by atoms with Gasteiger partial charge in [-0.2, -0.15) is 0 Å². The van der Waals surface area contributed by atoms with Gasteiger partial charge in [-0.1, -0.05) is 39.8 Å². The van der Waals surface area contributed by atoms with Crippen LogP contribution in [0.5, 0.6) is 0 Å². The van der Waals surface area contributed by atoms with Gasteiger partial charge < -0.3 is 11.1 Å². The molecule has 1 amide bonds. The highest BCUT2D eigenvalue weighted by Gasteiger charge is 2.23. The van der Waals surface area contributed by atoms with Crippen molar-refractivity contribution >= 4 is 5.91 Å². The Balaban J connectivity index is 4.64. The summed E-state index contributed by atoms with van der Waals surface area (Å²) in [5.41, 5.74) is 5.86. The molecule has 4 nitrogen and oxygen atoms in total. The number of hydrogen-bond acceptors (Lipinski definition) is 3. The molecule has 0 aromatic rings. The number of carbonyl (C=O) groups is 1. The summed E-state index contributed by atoms with van der Waals surface area (Å²) in [7, 11) is 0. The first kappa shape index (κ1) is 18.9. The molecule has 0 fully saturated rings. The van der Waals surface area contributed by atoms with Crippen LogP contribution in [0, 0.1) is 11.8 Å². The van der Waals surface area contributed by atoms with E-state index in [1.54, 1.807) is 0 Å². The molecule has 116 valence electrons. The van der Waals surface area contributed by atoms with Crippen LogP contribution in [0.1, 0.15) is 27.7 Å². The average Bonchev–Trinajstić information content (AvgIpc) is 2.37. The van der Waals surface area contributed by atoms with E-state index in [1.807, 2.05) is 26.0 Å². The van der Waals surface area contributed by atoms with Gasteiger partial charge in [-0.05, 0) is 11.8 Å². The molecule has 2 atom stereocenters. The van der Waals surface area contributed by atoms with E-state index >= 15 is 0 Å². The largest absolute Gasteiger partial charge is 0.353 e. The molecule has 0 aromatic carbocycles. The number of nitrogens with one attached hydrogen (secondary N) is 1. The number of hydrogen-bond donors (Lipinski definition) is 2. The summed E-state index contributed by atoms with van der Waals surface area (Å²) >= 11 is 0. The molecule has 0 rings (SSSR count). The monoisotopic (exact) mass is 281 g/mol. The van der Waals surface area contributed by atoms with Gasteiger partial charge in [-0.25, -0.2) is 0 Å². The molecule has 0 saturated heterocycles. The third-order valence-electron chi connectivity index (χ3n) is 3.47. The van der Waals surface area contributed by atoms with Crippen molar-refractivity contribution in [1.29, 1.82) is 0 Å². The maximum absolute atomic E-state index is 12.0. The van der Waals surface area contributed by atoms with Crippen molar-refractivity contribution in [2.75, 3.05) is 19.6 Å². The first-order chi connectivity index (χ1) is 9.34. The lowest BCUT2D eigenvalue weighted by Gasteiger charge is -2.33. The lowest BCUT2D eigenvalue weighted by molar-refractivity contribution is -0.123. The fourth-order valence-corrected chi connectivity index (χ4v) is 2.09. The van der Waals surface area contributed by atoms with Crippen LogP contribution in [0.4, 0.5) is 0 Å². The molecular formula is C16H31N3O. The highest BCUT2D eigenvalue weighted by Crippen LogP contribution is 2.10. The van der Waals surface area contributed by atoms with Gasteiger partial charge in [0.15, 0.2) is 0 Å². The third kappa shape index (κ3) is 6.35. The fourth-order valence-electron chi connectivity index (χ4n) is 2.09. The molecule has 0 aliphatic rings. The van der Waals surface area contributed by atoms with Gasteiger partial charge in [-0.15, -0.1) is 13.2 Å².